The largest absolute Gasteiger partial charge is 0.338 e. The van der Waals surface area contributed by atoms with E-state index >= 15 is 0 Å². The van der Waals surface area contributed by atoms with Crippen LogP contribution < -0.4 is 5.73 Å². The second kappa shape index (κ2) is 5.76. The lowest BCUT2D eigenvalue weighted by molar-refractivity contribution is 0.385. The first-order valence-electron chi connectivity index (χ1n) is 6.50. The van der Waals surface area contributed by atoms with Gasteiger partial charge in [-0.25, -0.2) is 0 Å². The SMILES string of the molecule is C=CCn1c(CN)nnc1SCc1nc(C2CC2)no1. The molecule has 7 nitrogen and oxygen atoms in total. The van der Waals surface area contributed by atoms with Crippen molar-refractivity contribution in [1.29, 1.82) is 0 Å². The molecule has 2 aromatic heterocycles. The summed E-state index contributed by atoms with van der Waals surface area (Å²) in [5.41, 5.74) is 5.64. The van der Waals surface area contributed by atoms with Crippen molar-refractivity contribution < 1.29 is 4.52 Å². The van der Waals surface area contributed by atoms with Gasteiger partial charge in [-0.1, -0.05) is 23.0 Å². The highest BCUT2D eigenvalue weighted by Crippen LogP contribution is 2.38. The minimum Gasteiger partial charge on any atom is -0.338 e. The Balaban J connectivity index is 1.67. The molecule has 106 valence electrons. The third-order valence-electron chi connectivity index (χ3n) is 3.04. The van der Waals surface area contributed by atoms with E-state index < -0.39 is 0 Å². The number of hydrogen-bond donors (Lipinski definition) is 1. The van der Waals surface area contributed by atoms with Crippen LogP contribution in [0.25, 0.3) is 0 Å². The van der Waals surface area contributed by atoms with Crippen molar-refractivity contribution in [2.75, 3.05) is 0 Å². The maximum Gasteiger partial charge on any atom is 0.237 e. The summed E-state index contributed by atoms with van der Waals surface area (Å²) in [7, 11) is 0. The van der Waals surface area contributed by atoms with Crippen molar-refractivity contribution in [3.8, 4) is 0 Å². The molecule has 1 fully saturated rings. The van der Waals surface area contributed by atoms with E-state index in [0.29, 0.717) is 30.7 Å². The third-order valence-corrected chi connectivity index (χ3v) is 3.99. The van der Waals surface area contributed by atoms with Crippen LogP contribution in [0, 0.1) is 0 Å². The van der Waals surface area contributed by atoms with Gasteiger partial charge in [0.05, 0.1) is 12.3 Å². The minimum atomic E-state index is 0.355. The Labute approximate surface area is 120 Å². The van der Waals surface area contributed by atoms with Crippen LogP contribution >= 0.6 is 11.8 Å². The number of aromatic nitrogens is 5. The van der Waals surface area contributed by atoms with Gasteiger partial charge in [0.25, 0.3) is 0 Å². The van der Waals surface area contributed by atoms with Gasteiger partial charge in [0.2, 0.25) is 5.89 Å². The molecule has 20 heavy (non-hydrogen) atoms. The monoisotopic (exact) mass is 292 g/mol. The molecule has 3 rings (SSSR count). The van der Waals surface area contributed by atoms with Crippen molar-refractivity contribution in [2.45, 2.75) is 42.8 Å². The summed E-state index contributed by atoms with van der Waals surface area (Å²) >= 11 is 1.51. The molecule has 0 atom stereocenters. The van der Waals surface area contributed by atoms with Gasteiger partial charge < -0.3 is 14.8 Å². The molecule has 2 aromatic rings. The molecule has 1 saturated carbocycles. The van der Waals surface area contributed by atoms with Gasteiger partial charge in [0, 0.05) is 12.5 Å². The average molecular weight is 292 g/mol. The third kappa shape index (κ3) is 2.75. The second-order valence-corrected chi connectivity index (χ2v) is 5.55. The van der Waals surface area contributed by atoms with E-state index in [-0.39, 0.29) is 0 Å². The first-order valence-corrected chi connectivity index (χ1v) is 7.48. The van der Waals surface area contributed by atoms with E-state index in [1.165, 1.54) is 24.6 Å². The van der Waals surface area contributed by atoms with E-state index in [1.54, 1.807) is 6.08 Å². The van der Waals surface area contributed by atoms with E-state index in [1.807, 2.05) is 4.57 Å². The van der Waals surface area contributed by atoms with Crippen LogP contribution in [-0.2, 0) is 18.8 Å². The Morgan fingerprint density at radius 3 is 3.00 bits per heavy atom. The fourth-order valence-corrected chi connectivity index (χ4v) is 2.65. The molecule has 0 saturated heterocycles. The van der Waals surface area contributed by atoms with Crippen LogP contribution in [0.5, 0.6) is 0 Å². The van der Waals surface area contributed by atoms with Crippen LogP contribution in [0.1, 0.15) is 36.3 Å². The summed E-state index contributed by atoms with van der Waals surface area (Å²) in [6.07, 6.45) is 4.13. The van der Waals surface area contributed by atoms with Gasteiger partial charge in [-0.3, -0.25) is 0 Å². The molecule has 0 amide bonds. The van der Waals surface area contributed by atoms with Gasteiger partial charge in [-0.15, -0.1) is 16.8 Å². The molecule has 0 aliphatic heterocycles. The van der Waals surface area contributed by atoms with Crippen LogP contribution in [0.3, 0.4) is 0 Å². The molecule has 1 aliphatic rings. The van der Waals surface area contributed by atoms with Crippen molar-refractivity contribution in [2.24, 2.45) is 5.73 Å². The maximum absolute atomic E-state index is 5.64. The molecule has 1 aliphatic carbocycles. The summed E-state index contributed by atoms with van der Waals surface area (Å²) < 4.78 is 7.18. The van der Waals surface area contributed by atoms with E-state index in [0.717, 1.165) is 16.8 Å². The molecular formula is C12H16N6OS. The summed E-state index contributed by atoms with van der Waals surface area (Å²) in [5, 5.41) is 13.0. The van der Waals surface area contributed by atoms with Gasteiger partial charge >= 0.3 is 0 Å². The van der Waals surface area contributed by atoms with Gasteiger partial charge in [0.15, 0.2) is 11.0 Å². The van der Waals surface area contributed by atoms with Crippen LogP contribution in [0.15, 0.2) is 22.3 Å². The smallest absolute Gasteiger partial charge is 0.237 e. The second-order valence-electron chi connectivity index (χ2n) is 4.61. The lowest BCUT2D eigenvalue weighted by Gasteiger charge is -2.04. The molecule has 0 aromatic carbocycles. The highest BCUT2D eigenvalue weighted by Gasteiger charge is 2.28. The van der Waals surface area contributed by atoms with Gasteiger partial charge in [-0.2, -0.15) is 4.98 Å². The van der Waals surface area contributed by atoms with Crippen molar-refractivity contribution in [1.82, 2.24) is 24.9 Å². The Bertz CT molecular complexity index is 603. The first kappa shape index (κ1) is 13.3. The molecular weight excluding hydrogens is 276 g/mol. The highest BCUT2D eigenvalue weighted by molar-refractivity contribution is 7.98. The Hall–Kier alpha value is -1.67. The molecule has 0 spiro atoms. The lowest BCUT2D eigenvalue weighted by Crippen LogP contribution is -2.08. The van der Waals surface area contributed by atoms with Crippen molar-refractivity contribution in [3.63, 3.8) is 0 Å². The standard InChI is InChI=1S/C12H16N6OS/c1-2-5-18-9(6-13)15-16-12(18)20-7-10-14-11(17-19-10)8-3-4-8/h2,8H,1,3-7,13H2. The Kier molecular flexibility index (Phi) is 3.83. The van der Waals surface area contributed by atoms with Crippen LogP contribution in [-0.4, -0.2) is 24.9 Å². The first-order chi connectivity index (χ1) is 9.81. The maximum atomic E-state index is 5.64. The summed E-state index contributed by atoms with van der Waals surface area (Å²) in [4.78, 5) is 4.39. The lowest BCUT2D eigenvalue weighted by atomic mass is 10.4. The molecule has 2 heterocycles. The normalized spacial score (nSPS) is 14.7. The number of thioether (sulfide) groups is 1. The fourth-order valence-electron chi connectivity index (χ4n) is 1.85. The highest BCUT2D eigenvalue weighted by atomic mass is 32.2. The summed E-state index contributed by atoms with van der Waals surface area (Å²) in [5.74, 6) is 3.29. The predicted molar refractivity (Wildman–Crippen MR) is 73.9 cm³/mol. The van der Waals surface area contributed by atoms with Crippen molar-refractivity contribution in [3.05, 3.63) is 30.2 Å². The fraction of sp³-hybridized carbons (Fsp3) is 0.500. The number of hydrogen-bond acceptors (Lipinski definition) is 7. The molecule has 8 heteroatoms. The molecule has 2 N–H and O–H groups in total. The Morgan fingerprint density at radius 2 is 2.30 bits per heavy atom. The predicted octanol–water partition coefficient (Wildman–Crippen LogP) is 1.48. The zero-order valence-corrected chi connectivity index (χ0v) is 11.8. The summed E-state index contributed by atoms with van der Waals surface area (Å²) in [6.45, 7) is 4.73. The minimum absolute atomic E-state index is 0.355. The molecule has 0 bridgehead atoms. The zero-order chi connectivity index (χ0) is 13.9. The number of rotatable bonds is 7. The number of nitrogens with two attached hydrogens (primary N) is 1. The van der Waals surface area contributed by atoms with Crippen molar-refractivity contribution >= 4 is 11.8 Å². The molecule has 0 radical (unpaired) electrons. The average Bonchev–Trinajstić information content (AvgIpc) is 3.08. The quantitative estimate of drug-likeness (QED) is 0.610. The van der Waals surface area contributed by atoms with Crippen LogP contribution in [0.2, 0.25) is 0 Å². The number of allylic oxidation sites excluding steroid dienone is 1. The molecule has 0 unspecified atom stereocenters. The van der Waals surface area contributed by atoms with E-state index in [4.69, 9.17) is 10.3 Å². The van der Waals surface area contributed by atoms with E-state index in [9.17, 15) is 0 Å². The van der Waals surface area contributed by atoms with E-state index in [2.05, 4.69) is 26.9 Å². The Morgan fingerprint density at radius 1 is 1.45 bits per heavy atom. The topological polar surface area (TPSA) is 95.7 Å². The van der Waals surface area contributed by atoms with Gasteiger partial charge in [-0.05, 0) is 12.8 Å². The van der Waals surface area contributed by atoms with Gasteiger partial charge in [0.1, 0.15) is 5.82 Å². The summed E-state index contributed by atoms with van der Waals surface area (Å²) in [6, 6.07) is 0. The van der Waals surface area contributed by atoms with Crippen LogP contribution in [0.4, 0.5) is 0 Å². The zero-order valence-electron chi connectivity index (χ0n) is 11.0. The number of nitrogens with zero attached hydrogens (tertiary/aromatic N) is 5.